The maximum atomic E-state index is 12.4. The molecule has 1 unspecified atom stereocenters. The number of hydrogen-bond acceptors (Lipinski definition) is 1. The minimum Gasteiger partial charge on any atom is -0.388 e. The molecule has 0 aliphatic carbocycles. The van der Waals surface area contributed by atoms with Crippen molar-refractivity contribution in [2.24, 2.45) is 0 Å². The lowest BCUT2D eigenvalue weighted by Crippen LogP contribution is -2.07. The highest BCUT2D eigenvalue weighted by molar-refractivity contribution is 9.10. The highest BCUT2D eigenvalue weighted by Crippen LogP contribution is 2.34. The molecule has 1 N–H and O–H groups in total. The molecule has 0 saturated heterocycles. The molecule has 0 fully saturated rings. The lowest BCUT2D eigenvalue weighted by Gasteiger charge is -2.13. The molecule has 1 rings (SSSR count). The van der Waals surface area contributed by atoms with Gasteiger partial charge in [0, 0.05) is 4.47 Å². The molecule has 1 nitrogen and oxygen atoms in total. The van der Waals surface area contributed by atoms with E-state index in [2.05, 4.69) is 15.9 Å². The molecule has 0 radical (unpaired) electrons. The fourth-order valence-corrected chi connectivity index (χ4v) is 1.71. The third kappa shape index (κ3) is 2.95. The lowest BCUT2D eigenvalue weighted by molar-refractivity contribution is -0.137. The molecule has 0 aliphatic heterocycles. The van der Waals surface area contributed by atoms with Gasteiger partial charge in [0.25, 0.3) is 0 Å². The van der Waals surface area contributed by atoms with E-state index in [-0.39, 0.29) is 5.56 Å². The molecule has 84 valence electrons. The van der Waals surface area contributed by atoms with Crippen molar-refractivity contribution in [2.75, 3.05) is 0 Å². The van der Waals surface area contributed by atoms with Gasteiger partial charge in [0.2, 0.25) is 0 Å². The zero-order valence-electron chi connectivity index (χ0n) is 7.98. The maximum absolute atomic E-state index is 12.4. The molecule has 0 spiro atoms. The molecule has 0 heterocycles. The van der Waals surface area contributed by atoms with Gasteiger partial charge in [-0.2, -0.15) is 13.2 Å². The lowest BCUT2D eigenvalue weighted by atomic mass is 10.0. The van der Waals surface area contributed by atoms with Gasteiger partial charge in [-0.15, -0.1) is 0 Å². The highest BCUT2D eigenvalue weighted by Gasteiger charge is 2.31. The molecule has 0 saturated carbocycles. The fourth-order valence-electron chi connectivity index (χ4n) is 1.20. The number of alkyl halides is 3. The number of halogens is 4. The van der Waals surface area contributed by atoms with Crippen molar-refractivity contribution in [1.29, 1.82) is 0 Å². The van der Waals surface area contributed by atoms with Gasteiger partial charge in [-0.3, -0.25) is 0 Å². The Balaban J connectivity index is 3.17. The summed E-state index contributed by atoms with van der Waals surface area (Å²) in [6, 6.07) is 3.26. The molecule has 15 heavy (non-hydrogen) atoms. The highest BCUT2D eigenvalue weighted by atomic mass is 79.9. The number of aliphatic hydroxyl groups excluding tert-OH is 1. The van der Waals surface area contributed by atoms with E-state index in [0.29, 0.717) is 10.9 Å². The molecule has 1 aromatic rings. The van der Waals surface area contributed by atoms with Gasteiger partial charge in [-0.25, -0.2) is 0 Å². The first kappa shape index (κ1) is 12.5. The van der Waals surface area contributed by atoms with Crippen LogP contribution in [0.1, 0.15) is 30.6 Å². The minimum absolute atomic E-state index is 0.271. The Morgan fingerprint density at radius 3 is 2.47 bits per heavy atom. The van der Waals surface area contributed by atoms with Crippen LogP contribution >= 0.6 is 15.9 Å². The van der Waals surface area contributed by atoms with Crippen LogP contribution in [-0.2, 0) is 6.18 Å². The van der Waals surface area contributed by atoms with Crippen molar-refractivity contribution < 1.29 is 18.3 Å². The Bertz CT molecular complexity index is 349. The van der Waals surface area contributed by atoms with Gasteiger partial charge in [-0.05, 0) is 30.2 Å². The van der Waals surface area contributed by atoms with Crippen molar-refractivity contribution in [3.63, 3.8) is 0 Å². The fraction of sp³-hybridized carbons (Fsp3) is 0.400. The molecule has 1 atom stereocenters. The SMILES string of the molecule is CCC(O)c1cc(C(F)(F)F)ccc1Br. The summed E-state index contributed by atoms with van der Waals surface area (Å²) in [5.41, 5.74) is -0.472. The van der Waals surface area contributed by atoms with Crippen LogP contribution in [0.5, 0.6) is 0 Å². The average molecular weight is 283 g/mol. The van der Waals surface area contributed by atoms with Gasteiger partial charge in [0.05, 0.1) is 11.7 Å². The van der Waals surface area contributed by atoms with Gasteiger partial charge in [0.1, 0.15) is 0 Å². The van der Waals surface area contributed by atoms with E-state index in [1.165, 1.54) is 6.07 Å². The van der Waals surface area contributed by atoms with Crippen molar-refractivity contribution >= 4 is 15.9 Å². The summed E-state index contributed by atoms with van der Waals surface area (Å²) >= 11 is 3.11. The molecule has 0 aromatic heterocycles. The van der Waals surface area contributed by atoms with Crippen molar-refractivity contribution in [1.82, 2.24) is 0 Å². The molecule has 5 heteroatoms. The molecular weight excluding hydrogens is 273 g/mol. The summed E-state index contributed by atoms with van der Waals surface area (Å²) in [6.07, 6.45) is -4.87. The van der Waals surface area contributed by atoms with Crippen LogP contribution in [-0.4, -0.2) is 5.11 Å². The van der Waals surface area contributed by atoms with E-state index >= 15 is 0 Å². The first-order valence-electron chi connectivity index (χ1n) is 4.41. The van der Waals surface area contributed by atoms with Crippen molar-refractivity contribution in [3.05, 3.63) is 33.8 Å². The van der Waals surface area contributed by atoms with E-state index in [4.69, 9.17) is 0 Å². The van der Waals surface area contributed by atoms with E-state index in [0.717, 1.165) is 12.1 Å². The Labute approximate surface area is 94.0 Å². The van der Waals surface area contributed by atoms with Crippen LogP contribution < -0.4 is 0 Å². The maximum Gasteiger partial charge on any atom is 0.416 e. The first-order valence-corrected chi connectivity index (χ1v) is 5.20. The first-order chi connectivity index (χ1) is 6.86. The topological polar surface area (TPSA) is 20.2 Å². The average Bonchev–Trinajstić information content (AvgIpc) is 2.15. The standard InChI is InChI=1S/C10H10BrF3O/c1-2-9(15)7-5-6(10(12,13)14)3-4-8(7)11/h3-5,9,15H,2H2,1H3. The Hall–Kier alpha value is -0.550. The van der Waals surface area contributed by atoms with Crippen LogP contribution in [0.3, 0.4) is 0 Å². The Morgan fingerprint density at radius 2 is 2.00 bits per heavy atom. The summed E-state index contributed by atoms with van der Waals surface area (Å²) in [6.45, 7) is 1.71. The van der Waals surface area contributed by atoms with E-state index in [1.807, 2.05) is 0 Å². The van der Waals surface area contributed by atoms with Gasteiger partial charge >= 0.3 is 6.18 Å². The van der Waals surface area contributed by atoms with Gasteiger partial charge in [0.15, 0.2) is 0 Å². The van der Waals surface area contributed by atoms with Crippen LogP contribution in [0.4, 0.5) is 13.2 Å². The second-order valence-corrected chi connectivity index (χ2v) is 4.01. The van der Waals surface area contributed by atoms with Crippen LogP contribution in [0.25, 0.3) is 0 Å². The third-order valence-electron chi connectivity index (χ3n) is 2.07. The van der Waals surface area contributed by atoms with Crippen LogP contribution in [0.2, 0.25) is 0 Å². The molecular formula is C10H10BrF3O. The summed E-state index contributed by atoms with van der Waals surface area (Å²) < 4.78 is 37.6. The normalized spacial score (nSPS) is 14.0. The minimum atomic E-state index is -4.37. The predicted octanol–water partition coefficient (Wildman–Crippen LogP) is 3.91. The van der Waals surface area contributed by atoms with Crippen LogP contribution in [0.15, 0.2) is 22.7 Å². The van der Waals surface area contributed by atoms with Gasteiger partial charge in [-0.1, -0.05) is 22.9 Å². The zero-order chi connectivity index (χ0) is 11.6. The Morgan fingerprint density at radius 1 is 1.40 bits per heavy atom. The van der Waals surface area contributed by atoms with Gasteiger partial charge < -0.3 is 5.11 Å². The van der Waals surface area contributed by atoms with Crippen molar-refractivity contribution in [2.45, 2.75) is 25.6 Å². The van der Waals surface area contributed by atoms with Crippen molar-refractivity contribution in [3.8, 4) is 0 Å². The quantitative estimate of drug-likeness (QED) is 0.872. The number of rotatable bonds is 2. The summed E-state index contributed by atoms with van der Waals surface area (Å²) in [5, 5.41) is 9.50. The second kappa shape index (κ2) is 4.53. The number of hydrogen-bond donors (Lipinski definition) is 1. The molecule has 0 aliphatic rings. The van der Waals surface area contributed by atoms with Crippen LogP contribution in [0, 0.1) is 0 Å². The second-order valence-electron chi connectivity index (χ2n) is 3.16. The molecule has 0 bridgehead atoms. The number of aliphatic hydroxyl groups is 1. The number of benzene rings is 1. The zero-order valence-corrected chi connectivity index (χ0v) is 9.56. The molecule has 0 amide bonds. The largest absolute Gasteiger partial charge is 0.416 e. The molecule has 1 aromatic carbocycles. The summed E-state index contributed by atoms with van der Waals surface area (Å²) in [7, 11) is 0. The Kier molecular flexibility index (Phi) is 3.78. The summed E-state index contributed by atoms with van der Waals surface area (Å²) in [4.78, 5) is 0. The third-order valence-corrected chi connectivity index (χ3v) is 2.79. The van der Waals surface area contributed by atoms with E-state index in [9.17, 15) is 18.3 Å². The summed E-state index contributed by atoms with van der Waals surface area (Å²) in [5.74, 6) is 0. The smallest absolute Gasteiger partial charge is 0.388 e. The van der Waals surface area contributed by atoms with E-state index < -0.39 is 17.8 Å². The van der Waals surface area contributed by atoms with E-state index in [1.54, 1.807) is 6.92 Å². The monoisotopic (exact) mass is 282 g/mol. The predicted molar refractivity (Wildman–Crippen MR) is 54.4 cm³/mol.